The summed E-state index contributed by atoms with van der Waals surface area (Å²) in [6, 6.07) is 18.0. The Hall–Kier alpha value is -2.69. The first-order valence-corrected chi connectivity index (χ1v) is 8.35. The summed E-state index contributed by atoms with van der Waals surface area (Å²) >= 11 is 12.7. The van der Waals surface area contributed by atoms with Crippen LogP contribution in [0.4, 0.5) is 5.69 Å². The Morgan fingerprint density at radius 1 is 0.840 bits per heavy atom. The summed E-state index contributed by atoms with van der Waals surface area (Å²) in [4.78, 5) is 12.4. The molecule has 0 amide bonds. The smallest absolute Gasteiger partial charge is 0.255 e. The number of nitrogen functional groups attached to an aromatic ring is 1. The second kappa shape index (κ2) is 5.99. The SMILES string of the molecule is Nc1cc(Cl)c(-n2ccc3c2ccc(=O)n3-c2ccccc2)c(Cl)c1. The van der Waals surface area contributed by atoms with Crippen LogP contribution in [0.15, 0.2) is 71.7 Å². The molecule has 0 aliphatic heterocycles. The highest BCUT2D eigenvalue weighted by Gasteiger charge is 2.14. The largest absolute Gasteiger partial charge is 0.399 e. The molecule has 0 aliphatic carbocycles. The maximum atomic E-state index is 12.4. The van der Waals surface area contributed by atoms with Gasteiger partial charge in [-0.15, -0.1) is 0 Å². The van der Waals surface area contributed by atoms with Crippen LogP contribution in [0.3, 0.4) is 0 Å². The van der Waals surface area contributed by atoms with Crippen molar-refractivity contribution < 1.29 is 0 Å². The molecule has 4 nitrogen and oxygen atoms in total. The highest BCUT2D eigenvalue weighted by molar-refractivity contribution is 6.38. The van der Waals surface area contributed by atoms with E-state index in [4.69, 9.17) is 28.9 Å². The standard InChI is InChI=1S/C19H13Cl2N3O/c20-14-10-12(22)11-15(21)19(14)23-9-8-17-16(23)6-7-18(25)24(17)13-4-2-1-3-5-13/h1-11H,22H2. The molecule has 0 spiro atoms. The minimum Gasteiger partial charge on any atom is -0.399 e. The van der Waals surface area contributed by atoms with E-state index in [1.54, 1.807) is 22.8 Å². The second-order valence-corrected chi connectivity index (χ2v) is 6.45. The van der Waals surface area contributed by atoms with Gasteiger partial charge in [-0.25, -0.2) is 0 Å². The van der Waals surface area contributed by atoms with Gasteiger partial charge in [0.1, 0.15) is 0 Å². The maximum Gasteiger partial charge on any atom is 0.255 e. The predicted molar refractivity (Wildman–Crippen MR) is 103 cm³/mol. The average molecular weight is 370 g/mol. The molecule has 0 saturated heterocycles. The Balaban J connectivity index is 2.03. The van der Waals surface area contributed by atoms with E-state index >= 15 is 0 Å². The molecule has 2 aromatic carbocycles. The zero-order chi connectivity index (χ0) is 17.6. The van der Waals surface area contributed by atoms with Crippen molar-refractivity contribution in [3.63, 3.8) is 0 Å². The summed E-state index contributed by atoms with van der Waals surface area (Å²) < 4.78 is 3.52. The fraction of sp³-hybridized carbons (Fsp3) is 0. The lowest BCUT2D eigenvalue weighted by Crippen LogP contribution is -2.17. The molecule has 6 heteroatoms. The Morgan fingerprint density at radius 3 is 2.20 bits per heavy atom. The molecule has 0 fully saturated rings. The molecular weight excluding hydrogens is 357 g/mol. The molecule has 2 N–H and O–H groups in total. The van der Waals surface area contributed by atoms with Gasteiger partial charge < -0.3 is 10.3 Å². The second-order valence-electron chi connectivity index (χ2n) is 5.63. The first-order chi connectivity index (χ1) is 12.1. The predicted octanol–water partition coefficient (Wildman–Crippen LogP) is 4.67. The van der Waals surface area contributed by atoms with Crippen LogP contribution in [0.1, 0.15) is 0 Å². The molecule has 0 atom stereocenters. The van der Waals surface area contributed by atoms with E-state index in [9.17, 15) is 4.79 Å². The molecular formula is C19H13Cl2N3O. The van der Waals surface area contributed by atoms with Crippen LogP contribution in [-0.4, -0.2) is 9.13 Å². The highest BCUT2D eigenvalue weighted by Crippen LogP contribution is 2.34. The van der Waals surface area contributed by atoms with E-state index in [-0.39, 0.29) is 5.56 Å². The summed E-state index contributed by atoms with van der Waals surface area (Å²) in [5.74, 6) is 0. The van der Waals surface area contributed by atoms with Crippen LogP contribution in [0.5, 0.6) is 0 Å². The van der Waals surface area contributed by atoms with Gasteiger partial charge in [0, 0.05) is 23.6 Å². The van der Waals surface area contributed by atoms with Gasteiger partial charge in [0.15, 0.2) is 0 Å². The van der Waals surface area contributed by atoms with Gasteiger partial charge in [-0.2, -0.15) is 0 Å². The molecule has 0 radical (unpaired) electrons. The van der Waals surface area contributed by atoms with Crippen molar-refractivity contribution >= 4 is 39.9 Å². The quantitative estimate of drug-likeness (QED) is 0.522. The number of anilines is 1. The summed E-state index contributed by atoms with van der Waals surface area (Å²) in [6.45, 7) is 0. The van der Waals surface area contributed by atoms with Crippen LogP contribution in [0.25, 0.3) is 22.4 Å². The van der Waals surface area contributed by atoms with Crippen molar-refractivity contribution in [2.24, 2.45) is 0 Å². The minimum atomic E-state index is -0.106. The maximum absolute atomic E-state index is 12.4. The molecule has 0 saturated carbocycles. The zero-order valence-electron chi connectivity index (χ0n) is 13.0. The lowest BCUT2D eigenvalue weighted by Gasteiger charge is -2.12. The molecule has 0 unspecified atom stereocenters. The molecule has 4 aromatic rings. The molecule has 0 bridgehead atoms. The zero-order valence-corrected chi connectivity index (χ0v) is 14.5. The van der Waals surface area contributed by atoms with Crippen molar-refractivity contribution in [3.8, 4) is 11.4 Å². The van der Waals surface area contributed by atoms with Crippen molar-refractivity contribution in [1.29, 1.82) is 0 Å². The van der Waals surface area contributed by atoms with E-state index in [1.165, 1.54) is 6.07 Å². The van der Waals surface area contributed by atoms with Crippen LogP contribution >= 0.6 is 23.2 Å². The number of fused-ring (bicyclic) bond motifs is 1. The fourth-order valence-electron chi connectivity index (χ4n) is 2.99. The summed E-state index contributed by atoms with van der Waals surface area (Å²) in [6.07, 6.45) is 1.84. The monoisotopic (exact) mass is 369 g/mol. The van der Waals surface area contributed by atoms with E-state index in [2.05, 4.69) is 0 Å². The van der Waals surface area contributed by atoms with Gasteiger partial charge in [0.05, 0.1) is 26.8 Å². The number of para-hydroxylation sites is 1. The van der Waals surface area contributed by atoms with Crippen LogP contribution in [0, 0.1) is 0 Å². The number of rotatable bonds is 2. The molecule has 0 aliphatic rings. The number of benzene rings is 2. The lowest BCUT2D eigenvalue weighted by atomic mass is 10.2. The van der Waals surface area contributed by atoms with Gasteiger partial charge >= 0.3 is 0 Å². The molecule has 2 aromatic heterocycles. The molecule has 2 heterocycles. The fourth-order valence-corrected chi connectivity index (χ4v) is 3.67. The van der Waals surface area contributed by atoms with Crippen molar-refractivity contribution in [2.45, 2.75) is 0 Å². The van der Waals surface area contributed by atoms with E-state index < -0.39 is 0 Å². The first kappa shape index (κ1) is 15.8. The van der Waals surface area contributed by atoms with Crippen molar-refractivity contribution in [1.82, 2.24) is 9.13 Å². The van der Waals surface area contributed by atoms with Crippen molar-refractivity contribution in [3.05, 3.63) is 87.3 Å². The number of pyridine rings is 1. The summed E-state index contributed by atoms with van der Waals surface area (Å²) in [5, 5.41) is 0.889. The Bertz CT molecular complexity index is 1120. The molecule has 4 rings (SSSR count). The van der Waals surface area contributed by atoms with Crippen LogP contribution in [-0.2, 0) is 0 Å². The minimum absolute atomic E-state index is 0.106. The van der Waals surface area contributed by atoms with Gasteiger partial charge in [-0.3, -0.25) is 9.36 Å². The molecule has 25 heavy (non-hydrogen) atoms. The number of halogens is 2. The summed E-state index contributed by atoms with van der Waals surface area (Å²) in [7, 11) is 0. The number of hydrogen-bond acceptors (Lipinski definition) is 2. The topological polar surface area (TPSA) is 52.9 Å². The number of nitrogens with zero attached hydrogens (tertiary/aromatic N) is 2. The van der Waals surface area contributed by atoms with Gasteiger partial charge in [0.2, 0.25) is 0 Å². The average Bonchev–Trinajstić information content (AvgIpc) is 2.98. The number of aromatic nitrogens is 2. The van der Waals surface area contributed by atoms with E-state index in [1.807, 2.05) is 47.2 Å². The van der Waals surface area contributed by atoms with Gasteiger partial charge in [-0.1, -0.05) is 41.4 Å². The normalized spacial score (nSPS) is 11.1. The van der Waals surface area contributed by atoms with E-state index in [0.717, 1.165) is 16.7 Å². The van der Waals surface area contributed by atoms with Crippen molar-refractivity contribution in [2.75, 3.05) is 5.73 Å². The summed E-state index contributed by atoms with van der Waals surface area (Å²) in [5.41, 5.74) is 9.19. The Labute approximate surface area is 153 Å². The first-order valence-electron chi connectivity index (χ1n) is 7.60. The third-order valence-corrected chi connectivity index (χ3v) is 4.62. The number of nitrogens with two attached hydrogens (primary N) is 1. The third kappa shape index (κ3) is 2.60. The van der Waals surface area contributed by atoms with Crippen LogP contribution in [0.2, 0.25) is 10.0 Å². The third-order valence-electron chi connectivity index (χ3n) is 4.04. The van der Waals surface area contributed by atoms with Crippen LogP contribution < -0.4 is 11.3 Å². The lowest BCUT2D eigenvalue weighted by molar-refractivity contribution is 1.04. The highest BCUT2D eigenvalue weighted by atomic mass is 35.5. The van der Waals surface area contributed by atoms with Gasteiger partial charge in [-0.05, 0) is 36.4 Å². The van der Waals surface area contributed by atoms with E-state index in [0.29, 0.717) is 21.4 Å². The Morgan fingerprint density at radius 2 is 1.52 bits per heavy atom. The Kier molecular flexibility index (Phi) is 3.79. The van der Waals surface area contributed by atoms with Gasteiger partial charge in [0.25, 0.3) is 5.56 Å². The molecule has 124 valence electrons. The number of hydrogen-bond donors (Lipinski definition) is 1.